The fourth-order valence-electron chi connectivity index (χ4n) is 2.22. The lowest BCUT2D eigenvalue weighted by Gasteiger charge is -2.23. The predicted octanol–water partition coefficient (Wildman–Crippen LogP) is 2.49. The van der Waals surface area contributed by atoms with Gasteiger partial charge in [-0.1, -0.05) is 24.6 Å². The summed E-state index contributed by atoms with van der Waals surface area (Å²) in [4.78, 5) is 11.4. The van der Waals surface area contributed by atoms with Gasteiger partial charge in [-0.2, -0.15) is 0 Å². The van der Waals surface area contributed by atoms with Crippen LogP contribution >= 0.6 is 0 Å². The van der Waals surface area contributed by atoms with Crippen molar-refractivity contribution in [2.45, 2.75) is 26.7 Å². The quantitative estimate of drug-likeness (QED) is 0.535. The zero-order chi connectivity index (χ0) is 8.72. The van der Waals surface area contributed by atoms with E-state index in [2.05, 4.69) is 19.9 Å². The van der Waals surface area contributed by atoms with Crippen LogP contribution in [0.4, 0.5) is 0 Å². The van der Waals surface area contributed by atoms with Crippen molar-refractivity contribution in [3.63, 3.8) is 0 Å². The van der Waals surface area contributed by atoms with Gasteiger partial charge in [0.05, 0.1) is 0 Å². The second kappa shape index (κ2) is 2.58. The van der Waals surface area contributed by atoms with Crippen molar-refractivity contribution in [3.8, 4) is 0 Å². The van der Waals surface area contributed by atoms with Crippen LogP contribution in [0.2, 0.25) is 0 Å². The summed E-state index contributed by atoms with van der Waals surface area (Å²) in [6.07, 6.45) is 5.95. The molecular weight excluding hydrogens is 148 g/mol. The van der Waals surface area contributed by atoms with Crippen LogP contribution in [0, 0.1) is 11.8 Å². The summed E-state index contributed by atoms with van der Waals surface area (Å²) in [6.45, 7) is 4.38. The highest BCUT2D eigenvalue weighted by atomic mass is 16.1. The van der Waals surface area contributed by atoms with Crippen molar-refractivity contribution in [3.05, 3.63) is 23.3 Å². The zero-order valence-electron chi connectivity index (χ0n) is 7.63. The second-order valence-electron chi connectivity index (χ2n) is 3.89. The molecule has 0 heterocycles. The Kier molecular flexibility index (Phi) is 1.67. The Bertz CT molecular complexity index is 283. The van der Waals surface area contributed by atoms with E-state index in [1.807, 2.05) is 6.08 Å². The van der Waals surface area contributed by atoms with Crippen molar-refractivity contribution < 1.29 is 4.79 Å². The van der Waals surface area contributed by atoms with Crippen LogP contribution < -0.4 is 0 Å². The van der Waals surface area contributed by atoms with E-state index in [0.29, 0.717) is 17.6 Å². The number of carbonyl (C=O) groups excluding carboxylic acids is 1. The lowest BCUT2D eigenvalue weighted by molar-refractivity contribution is -0.114. The van der Waals surface area contributed by atoms with Crippen LogP contribution in [0.3, 0.4) is 0 Å². The first-order valence-electron chi connectivity index (χ1n) is 4.61. The SMILES string of the molecule is CC1=CC=C2C(=O)CCC2C1C. The monoisotopic (exact) mass is 162 g/mol. The molecule has 0 aromatic heterocycles. The number of allylic oxidation sites excluding steroid dienone is 4. The van der Waals surface area contributed by atoms with E-state index < -0.39 is 0 Å². The highest BCUT2D eigenvalue weighted by Crippen LogP contribution is 2.39. The molecule has 0 amide bonds. The molecule has 2 rings (SSSR count). The first-order valence-corrected chi connectivity index (χ1v) is 4.61. The predicted molar refractivity (Wildman–Crippen MR) is 48.7 cm³/mol. The van der Waals surface area contributed by atoms with Gasteiger partial charge in [0.25, 0.3) is 0 Å². The summed E-state index contributed by atoms with van der Waals surface area (Å²) in [5.41, 5.74) is 2.49. The maximum atomic E-state index is 11.4. The van der Waals surface area contributed by atoms with Crippen molar-refractivity contribution in [1.82, 2.24) is 0 Å². The van der Waals surface area contributed by atoms with Crippen molar-refractivity contribution in [1.29, 1.82) is 0 Å². The molecule has 0 bridgehead atoms. The van der Waals surface area contributed by atoms with Gasteiger partial charge in [0, 0.05) is 6.42 Å². The normalized spacial score (nSPS) is 34.3. The minimum absolute atomic E-state index is 0.371. The molecule has 1 nitrogen and oxygen atoms in total. The molecule has 0 radical (unpaired) electrons. The number of rotatable bonds is 0. The number of fused-ring (bicyclic) bond motifs is 1. The second-order valence-corrected chi connectivity index (χ2v) is 3.89. The van der Waals surface area contributed by atoms with Crippen LogP contribution in [-0.2, 0) is 4.79 Å². The third-order valence-electron chi connectivity index (χ3n) is 3.25. The third-order valence-corrected chi connectivity index (χ3v) is 3.25. The Labute approximate surface area is 73.2 Å². The lowest BCUT2D eigenvalue weighted by Crippen LogP contribution is -2.15. The van der Waals surface area contributed by atoms with Crippen LogP contribution in [0.25, 0.3) is 0 Å². The fraction of sp³-hybridized carbons (Fsp3) is 0.545. The maximum Gasteiger partial charge on any atom is 0.159 e. The van der Waals surface area contributed by atoms with Crippen LogP contribution in [0.5, 0.6) is 0 Å². The third kappa shape index (κ3) is 0.961. The molecule has 2 aliphatic rings. The Morgan fingerprint density at radius 1 is 1.42 bits per heavy atom. The summed E-state index contributed by atoms with van der Waals surface area (Å²) < 4.78 is 0. The van der Waals surface area contributed by atoms with E-state index in [1.54, 1.807) is 0 Å². The van der Waals surface area contributed by atoms with E-state index in [9.17, 15) is 4.79 Å². The Morgan fingerprint density at radius 3 is 2.92 bits per heavy atom. The highest BCUT2D eigenvalue weighted by molar-refractivity contribution is 5.98. The number of Topliss-reactive ketones (excluding diaryl/α,β-unsaturated/α-hetero) is 1. The summed E-state index contributed by atoms with van der Waals surface area (Å²) in [5.74, 6) is 1.48. The summed E-state index contributed by atoms with van der Waals surface area (Å²) in [6, 6.07) is 0. The first kappa shape index (κ1) is 7.78. The smallest absolute Gasteiger partial charge is 0.159 e. The van der Waals surface area contributed by atoms with Crippen molar-refractivity contribution >= 4 is 5.78 Å². The summed E-state index contributed by atoms with van der Waals surface area (Å²) in [5, 5.41) is 0. The Balaban J connectivity index is 2.37. The number of hydrogen-bond donors (Lipinski definition) is 0. The molecule has 12 heavy (non-hydrogen) atoms. The minimum Gasteiger partial charge on any atom is -0.295 e. The summed E-state index contributed by atoms with van der Waals surface area (Å²) >= 11 is 0. The van der Waals surface area contributed by atoms with Gasteiger partial charge in [-0.3, -0.25) is 4.79 Å². The van der Waals surface area contributed by atoms with Crippen molar-refractivity contribution in [2.75, 3.05) is 0 Å². The molecule has 2 aliphatic carbocycles. The average Bonchev–Trinajstić information content (AvgIpc) is 2.41. The number of ketones is 1. The minimum atomic E-state index is 0.371. The van der Waals surface area contributed by atoms with Crippen LogP contribution in [0.15, 0.2) is 23.3 Å². The topological polar surface area (TPSA) is 17.1 Å². The molecule has 1 fully saturated rings. The van der Waals surface area contributed by atoms with E-state index in [-0.39, 0.29) is 0 Å². The van der Waals surface area contributed by atoms with Crippen LogP contribution in [-0.4, -0.2) is 5.78 Å². The largest absolute Gasteiger partial charge is 0.295 e. The van der Waals surface area contributed by atoms with Crippen LogP contribution in [0.1, 0.15) is 26.7 Å². The van der Waals surface area contributed by atoms with Gasteiger partial charge in [0.1, 0.15) is 0 Å². The zero-order valence-corrected chi connectivity index (χ0v) is 7.63. The molecule has 0 N–H and O–H groups in total. The first-order chi connectivity index (χ1) is 5.70. The van der Waals surface area contributed by atoms with Gasteiger partial charge in [0.15, 0.2) is 5.78 Å². The van der Waals surface area contributed by atoms with Gasteiger partial charge < -0.3 is 0 Å². The molecule has 1 saturated carbocycles. The number of carbonyl (C=O) groups is 1. The molecule has 0 aromatic rings. The van der Waals surface area contributed by atoms with Crippen molar-refractivity contribution in [2.24, 2.45) is 11.8 Å². The molecule has 0 spiro atoms. The Morgan fingerprint density at radius 2 is 2.17 bits per heavy atom. The van der Waals surface area contributed by atoms with E-state index in [1.165, 1.54) is 5.57 Å². The molecule has 0 saturated heterocycles. The standard InChI is InChI=1S/C11H14O/c1-7-3-4-10-9(8(7)2)5-6-11(10)12/h3-4,8-9H,5-6H2,1-2H3. The Hall–Kier alpha value is -0.850. The van der Waals surface area contributed by atoms with Gasteiger partial charge in [-0.25, -0.2) is 0 Å². The fourth-order valence-corrected chi connectivity index (χ4v) is 2.22. The lowest BCUT2D eigenvalue weighted by atomic mass is 9.80. The average molecular weight is 162 g/mol. The van der Waals surface area contributed by atoms with E-state index >= 15 is 0 Å². The van der Waals surface area contributed by atoms with E-state index in [4.69, 9.17) is 0 Å². The molecule has 64 valence electrons. The molecule has 2 unspecified atom stereocenters. The molecule has 2 atom stereocenters. The maximum absolute atomic E-state index is 11.4. The van der Waals surface area contributed by atoms with Gasteiger partial charge in [0.2, 0.25) is 0 Å². The van der Waals surface area contributed by atoms with E-state index in [0.717, 1.165) is 18.4 Å². The molecule has 0 aromatic carbocycles. The van der Waals surface area contributed by atoms with Gasteiger partial charge in [-0.15, -0.1) is 0 Å². The molecule has 0 aliphatic heterocycles. The number of hydrogen-bond acceptors (Lipinski definition) is 1. The van der Waals surface area contributed by atoms with Gasteiger partial charge >= 0.3 is 0 Å². The molecule has 1 heteroatoms. The summed E-state index contributed by atoms with van der Waals surface area (Å²) in [7, 11) is 0. The molecular formula is C11H14O. The van der Waals surface area contributed by atoms with Gasteiger partial charge in [-0.05, 0) is 30.8 Å². The highest BCUT2D eigenvalue weighted by Gasteiger charge is 2.34.